The van der Waals surface area contributed by atoms with Gasteiger partial charge in [-0.25, -0.2) is 0 Å². The minimum Gasteiger partial charge on any atom is -0.318 e. The number of aliphatic imine (C=N–C) groups is 1. The van der Waals surface area contributed by atoms with Crippen LogP contribution < -0.4 is 0 Å². The molecule has 0 N–H and O–H groups in total. The molecule has 0 saturated heterocycles. The molecule has 134 valence electrons. The smallest absolute Gasteiger partial charge is 0.0630 e. The van der Waals surface area contributed by atoms with Gasteiger partial charge < -0.3 is 4.57 Å². The first kappa shape index (κ1) is 18.9. The van der Waals surface area contributed by atoms with Crippen LogP contribution in [0.3, 0.4) is 0 Å². The second-order valence-corrected chi connectivity index (χ2v) is 8.04. The number of benzene rings is 2. The second kappa shape index (κ2) is 8.21. The highest BCUT2D eigenvalue weighted by atomic mass is 127. The average molecular weight is 456 g/mol. The molecule has 26 heavy (non-hydrogen) atoms. The van der Waals surface area contributed by atoms with Gasteiger partial charge in [-0.2, -0.15) is 0 Å². The van der Waals surface area contributed by atoms with Crippen LogP contribution in [0.15, 0.2) is 59.6 Å². The van der Waals surface area contributed by atoms with E-state index in [-0.39, 0.29) is 0 Å². The summed E-state index contributed by atoms with van der Waals surface area (Å²) in [6.07, 6.45) is 3.14. The van der Waals surface area contributed by atoms with Crippen LogP contribution in [0.2, 0.25) is 0 Å². The maximum Gasteiger partial charge on any atom is 0.0630 e. The number of aromatic nitrogens is 1. The molecule has 0 aliphatic rings. The highest BCUT2D eigenvalue weighted by molar-refractivity contribution is 14.1. The Balaban J connectivity index is 1.85. The van der Waals surface area contributed by atoms with Gasteiger partial charge in [-0.3, -0.25) is 4.99 Å². The van der Waals surface area contributed by atoms with Gasteiger partial charge in [0.05, 0.1) is 5.69 Å². The Kier molecular flexibility index (Phi) is 5.97. The molecule has 1 heterocycles. The van der Waals surface area contributed by atoms with Gasteiger partial charge in [-0.15, -0.1) is 0 Å². The minimum absolute atomic E-state index is 0.598. The third kappa shape index (κ3) is 4.09. The highest BCUT2D eigenvalue weighted by Crippen LogP contribution is 2.23. The summed E-state index contributed by atoms with van der Waals surface area (Å²) in [4.78, 5) is 4.69. The molecule has 0 saturated carbocycles. The van der Waals surface area contributed by atoms with E-state index in [1.54, 1.807) is 0 Å². The first-order valence-electron chi connectivity index (χ1n) is 9.08. The highest BCUT2D eigenvalue weighted by Gasteiger charge is 2.09. The maximum absolute atomic E-state index is 4.69. The minimum atomic E-state index is 0.598. The van der Waals surface area contributed by atoms with Crippen LogP contribution in [0.5, 0.6) is 0 Å². The van der Waals surface area contributed by atoms with Gasteiger partial charge in [0.15, 0.2) is 0 Å². The number of aryl methyl sites for hydroxylation is 1. The van der Waals surface area contributed by atoms with E-state index in [0.717, 1.165) is 17.7 Å². The zero-order chi connectivity index (χ0) is 18.7. The predicted octanol–water partition coefficient (Wildman–Crippen LogP) is 6.96. The summed E-state index contributed by atoms with van der Waals surface area (Å²) in [6, 6.07) is 19.4. The van der Waals surface area contributed by atoms with Crippen molar-refractivity contribution >= 4 is 34.5 Å². The summed E-state index contributed by atoms with van der Waals surface area (Å²) >= 11 is 2.34. The SMILES string of the molecule is CC[C@@H](C)c1ccc(N=Cc2cc(C)n(-c3ccc(I)cc3)c2C)cc1. The molecule has 2 nitrogen and oxygen atoms in total. The molecular weight excluding hydrogens is 431 g/mol. The van der Waals surface area contributed by atoms with Crippen LogP contribution in [0.25, 0.3) is 5.69 Å². The molecule has 0 amide bonds. The van der Waals surface area contributed by atoms with Gasteiger partial charge in [0.2, 0.25) is 0 Å². The zero-order valence-corrected chi connectivity index (χ0v) is 18.0. The Morgan fingerprint density at radius 1 is 1.04 bits per heavy atom. The van der Waals surface area contributed by atoms with Crippen molar-refractivity contribution in [2.75, 3.05) is 0 Å². The Hall–Kier alpha value is -1.88. The summed E-state index contributed by atoms with van der Waals surface area (Å²) in [5, 5.41) is 0. The lowest BCUT2D eigenvalue weighted by Crippen LogP contribution is -1.99. The standard InChI is InChI=1S/C23H25IN2/c1-5-16(2)19-6-10-22(11-7-19)25-15-20-14-17(3)26(18(20)4)23-12-8-21(24)9-13-23/h6-16H,5H2,1-4H3/t16-/m1/s1. The average Bonchev–Trinajstić information content (AvgIpc) is 2.94. The van der Waals surface area contributed by atoms with Gasteiger partial charge in [0, 0.05) is 32.4 Å². The molecule has 0 aliphatic carbocycles. The van der Waals surface area contributed by atoms with Crippen molar-refractivity contribution in [1.29, 1.82) is 0 Å². The van der Waals surface area contributed by atoms with E-state index in [1.165, 1.54) is 26.2 Å². The summed E-state index contributed by atoms with van der Waals surface area (Å²) < 4.78 is 3.53. The molecular formula is C23H25IN2. The van der Waals surface area contributed by atoms with E-state index in [2.05, 4.69) is 114 Å². The van der Waals surface area contributed by atoms with Crippen LogP contribution in [-0.4, -0.2) is 10.8 Å². The van der Waals surface area contributed by atoms with Crippen LogP contribution >= 0.6 is 22.6 Å². The Morgan fingerprint density at radius 3 is 2.31 bits per heavy atom. The van der Waals surface area contributed by atoms with E-state index in [4.69, 9.17) is 0 Å². The van der Waals surface area contributed by atoms with Crippen molar-refractivity contribution in [2.24, 2.45) is 4.99 Å². The molecule has 2 aromatic carbocycles. The lowest BCUT2D eigenvalue weighted by Gasteiger charge is -2.09. The molecule has 0 radical (unpaired) electrons. The Labute approximate surface area is 170 Å². The van der Waals surface area contributed by atoms with Crippen molar-refractivity contribution in [3.63, 3.8) is 0 Å². The molecule has 3 aromatic rings. The first-order valence-corrected chi connectivity index (χ1v) is 10.2. The topological polar surface area (TPSA) is 17.3 Å². The number of rotatable bonds is 5. The number of nitrogens with zero attached hydrogens (tertiary/aromatic N) is 2. The molecule has 0 fully saturated rings. The third-order valence-electron chi connectivity index (χ3n) is 4.98. The van der Waals surface area contributed by atoms with Gasteiger partial charge in [0.25, 0.3) is 0 Å². The van der Waals surface area contributed by atoms with Crippen molar-refractivity contribution < 1.29 is 0 Å². The van der Waals surface area contributed by atoms with Crippen molar-refractivity contribution in [3.8, 4) is 5.69 Å². The molecule has 1 atom stereocenters. The van der Waals surface area contributed by atoms with Gasteiger partial charge in [-0.05, 0) is 96.8 Å². The number of hydrogen-bond donors (Lipinski definition) is 0. The van der Waals surface area contributed by atoms with Gasteiger partial charge in [-0.1, -0.05) is 26.0 Å². The molecule has 0 aliphatic heterocycles. The molecule has 0 spiro atoms. The quantitative estimate of drug-likeness (QED) is 0.292. The fourth-order valence-corrected chi connectivity index (χ4v) is 3.53. The summed E-state index contributed by atoms with van der Waals surface area (Å²) in [5.41, 5.74) is 7.16. The third-order valence-corrected chi connectivity index (χ3v) is 5.70. The lowest BCUT2D eigenvalue weighted by molar-refractivity contribution is 0.734. The van der Waals surface area contributed by atoms with E-state index in [0.29, 0.717) is 5.92 Å². The summed E-state index contributed by atoms with van der Waals surface area (Å²) in [5.74, 6) is 0.598. The van der Waals surface area contributed by atoms with Crippen molar-refractivity contribution in [2.45, 2.75) is 40.0 Å². The van der Waals surface area contributed by atoms with Crippen molar-refractivity contribution in [3.05, 3.63) is 80.7 Å². The number of hydrogen-bond acceptors (Lipinski definition) is 1. The van der Waals surface area contributed by atoms with E-state index < -0.39 is 0 Å². The maximum atomic E-state index is 4.69. The fraction of sp³-hybridized carbons (Fsp3) is 0.261. The molecule has 3 rings (SSSR count). The Morgan fingerprint density at radius 2 is 1.69 bits per heavy atom. The lowest BCUT2D eigenvalue weighted by atomic mass is 9.99. The fourth-order valence-electron chi connectivity index (χ4n) is 3.17. The van der Waals surface area contributed by atoms with Crippen LogP contribution in [0.1, 0.15) is 48.7 Å². The Bertz CT molecular complexity index is 903. The molecule has 3 heteroatoms. The first-order chi connectivity index (χ1) is 12.5. The monoisotopic (exact) mass is 456 g/mol. The van der Waals surface area contributed by atoms with Crippen LogP contribution in [0.4, 0.5) is 5.69 Å². The molecule has 1 aromatic heterocycles. The van der Waals surface area contributed by atoms with E-state index in [9.17, 15) is 0 Å². The predicted molar refractivity (Wildman–Crippen MR) is 120 cm³/mol. The van der Waals surface area contributed by atoms with Gasteiger partial charge >= 0.3 is 0 Å². The van der Waals surface area contributed by atoms with Crippen LogP contribution in [0, 0.1) is 17.4 Å². The van der Waals surface area contributed by atoms with Crippen molar-refractivity contribution in [1.82, 2.24) is 4.57 Å². The normalized spacial score (nSPS) is 12.7. The summed E-state index contributed by atoms with van der Waals surface area (Å²) in [7, 11) is 0. The molecule has 0 unspecified atom stereocenters. The largest absolute Gasteiger partial charge is 0.318 e. The van der Waals surface area contributed by atoms with Gasteiger partial charge in [0.1, 0.15) is 0 Å². The second-order valence-electron chi connectivity index (χ2n) is 6.80. The van der Waals surface area contributed by atoms with E-state index in [1.807, 2.05) is 6.21 Å². The van der Waals surface area contributed by atoms with Crippen LogP contribution in [-0.2, 0) is 0 Å². The zero-order valence-electron chi connectivity index (χ0n) is 15.8. The molecule has 0 bridgehead atoms. The number of halogens is 1. The van der Waals surface area contributed by atoms with E-state index >= 15 is 0 Å². The summed E-state index contributed by atoms with van der Waals surface area (Å²) in [6.45, 7) is 8.78.